The molecule has 2 fully saturated rings. The van der Waals surface area contributed by atoms with Gasteiger partial charge in [-0.15, -0.1) is 0 Å². The van der Waals surface area contributed by atoms with Gasteiger partial charge in [-0.3, -0.25) is 9.69 Å². The molecule has 0 bridgehead atoms. The van der Waals surface area contributed by atoms with Gasteiger partial charge in [0.15, 0.2) is 5.78 Å². The van der Waals surface area contributed by atoms with Gasteiger partial charge in [-0.1, -0.05) is 12.1 Å². The molecule has 0 N–H and O–H groups in total. The molecule has 0 aliphatic carbocycles. The summed E-state index contributed by atoms with van der Waals surface area (Å²) >= 11 is 0. The number of ketones is 1. The fourth-order valence-corrected chi connectivity index (χ4v) is 4.63. The van der Waals surface area contributed by atoms with E-state index in [1.165, 1.54) is 47.7 Å². The first-order chi connectivity index (χ1) is 14.9. The van der Waals surface area contributed by atoms with Crippen LogP contribution in [0.1, 0.15) is 54.7 Å². The Balaban J connectivity index is 1.40. The van der Waals surface area contributed by atoms with Crippen molar-refractivity contribution in [2.75, 3.05) is 37.6 Å². The van der Waals surface area contributed by atoms with Crippen molar-refractivity contribution in [1.29, 1.82) is 0 Å². The third kappa shape index (κ3) is 4.82. The lowest BCUT2D eigenvalue weighted by Crippen LogP contribution is -2.49. The first kappa shape index (κ1) is 21.6. The summed E-state index contributed by atoms with van der Waals surface area (Å²) < 4.78 is 1.28. The lowest BCUT2D eigenvalue weighted by Gasteiger charge is -2.39. The maximum Gasteiger partial charge on any atom is 0.344 e. The third-order valence-corrected chi connectivity index (χ3v) is 6.54. The second kappa shape index (κ2) is 9.22. The molecular formula is C24H33N5O2. The van der Waals surface area contributed by atoms with Gasteiger partial charge in [0.25, 0.3) is 0 Å². The van der Waals surface area contributed by atoms with Crippen molar-refractivity contribution in [2.45, 2.75) is 52.6 Å². The fourth-order valence-electron chi connectivity index (χ4n) is 4.63. The molecule has 0 radical (unpaired) electrons. The Labute approximate surface area is 184 Å². The minimum Gasteiger partial charge on any atom is -0.369 e. The Hall–Kier alpha value is -2.67. The van der Waals surface area contributed by atoms with E-state index < -0.39 is 0 Å². The topological polar surface area (TPSA) is 61.7 Å². The molecule has 1 atom stereocenters. The van der Waals surface area contributed by atoms with Crippen LogP contribution in [0, 0.1) is 6.92 Å². The molecule has 2 saturated heterocycles. The second-order valence-electron chi connectivity index (χ2n) is 8.92. The van der Waals surface area contributed by atoms with Crippen LogP contribution in [0.2, 0.25) is 0 Å². The number of hydrogen-bond acceptors (Lipinski definition) is 5. The van der Waals surface area contributed by atoms with E-state index in [4.69, 9.17) is 0 Å². The summed E-state index contributed by atoms with van der Waals surface area (Å²) in [5.74, 6) is -0.131. The molecule has 166 valence electrons. The van der Waals surface area contributed by atoms with Crippen LogP contribution in [0.15, 0.2) is 30.5 Å². The number of nitrogens with zero attached hydrogens (tertiary/aromatic N) is 5. The zero-order chi connectivity index (χ0) is 22.0. The van der Waals surface area contributed by atoms with E-state index in [-0.39, 0.29) is 11.8 Å². The van der Waals surface area contributed by atoms with Gasteiger partial charge in [0, 0.05) is 64.1 Å². The van der Waals surface area contributed by atoms with Crippen molar-refractivity contribution in [2.24, 2.45) is 0 Å². The van der Waals surface area contributed by atoms with Crippen molar-refractivity contribution in [3.05, 3.63) is 47.3 Å². The summed E-state index contributed by atoms with van der Waals surface area (Å²) in [6.07, 6.45) is 5.41. The number of Topliss-reactive ketones (excluding diaryl/α,β-unsaturated/α-hetero) is 1. The molecular weight excluding hydrogens is 390 g/mol. The molecule has 2 aromatic rings. The minimum atomic E-state index is -0.162. The number of aromatic nitrogens is 2. The molecule has 4 rings (SSSR count). The van der Waals surface area contributed by atoms with E-state index in [1.807, 2.05) is 4.90 Å². The Morgan fingerprint density at radius 3 is 2.52 bits per heavy atom. The summed E-state index contributed by atoms with van der Waals surface area (Å²) in [7, 11) is 0. The van der Waals surface area contributed by atoms with Crippen LogP contribution in [0.25, 0.3) is 0 Å². The molecule has 1 amide bonds. The Morgan fingerprint density at radius 1 is 1.06 bits per heavy atom. The van der Waals surface area contributed by atoms with Crippen LogP contribution >= 0.6 is 0 Å². The first-order valence-electron chi connectivity index (χ1n) is 11.4. The normalized spacial score (nSPS) is 20.2. The lowest BCUT2D eigenvalue weighted by atomic mass is 9.99. The molecule has 1 aromatic carbocycles. The zero-order valence-electron chi connectivity index (χ0n) is 18.9. The van der Waals surface area contributed by atoms with Gasteiger partial charge in [0.05, 0.1) is 0 Å². The monoisotopic (exact) mass is 423 g/mol. The lowest BCUT2D eigenvalue weighted by molar-refractivity contribution is 0.101. The average molecular weight is 424 g/mol. The van der Waals surface area contributed by atoms with Crippen molar-refractivity contribution in [1.82, 2.24) is 19.6 Å². The standard InChI is InChI=1S/C24H33N5O2/c1-18-7-8-21(23(16-18)28-10-5-4-6-19(28)2)17-26-12-14-27(15-13-26)24(31)29-11-9-22(25-29)20(3)30/h7-9,11,16,19H,4-6,10,12-15,17H2,1-3H3/t19-/m0/s1. The van der Waals surface area contributed by atoms with Crippen LogP contribution < -0.4 is 4.90 Å². The van der Waals surface area contributed by atoms with Gasteiger partial charge in [0.2, 0.25) is 0 Å². The van der Waals surface area contributed by atoms with Gasteiger partial charge >= 0.3 is 6.03 Å². The van der Waals surface area contributed by atoms with Gasteiger partial charge in [-0.25, -0.2) is 4.79 Å². The highest BCUT2D eigenvalue weighted by atomic mass is 16.2. The third-order valence-electron chi connectivity index (χ3n) is 6.54. The van der Waals surface area contributed by atoms with Crippen molar-refractivity contribution in [3.8, 4) is 0 Å². The highest BCUT2D eigenvalue weighted by Gasteiger charge is 2.25. The van der Waals surface area contributed by atoms with E-state index in [1.54, 1.807) is 12.3 Å². The summed E-state index contributed by atoms with van der Waals surface area (Å²) in [5, 5.41) is 4.11. The van der Waals surface area contributed by atoms with E-state index in [2.05, 4.69) is 46.9 Å². The van der Waals surface area contributed by atoms with Crippen molar-refractivity contribution < 1.29 is 9.59 Å². The van der Waals surface area contributed by atoms with Crippen molar-refractivity contribution in [3.63, 3.8) is 0 Å². The van der Waals surface area contributed by atoms with Gasteiger partial charge < -0.3 is 9.80 Å². The van der Waals surface area contributed by atoms with Gasteiger partial charge in [-0.2, -0.15) is 9.78 Å². The Bertz CT molecular complexity index is 945. The molecule has 7 heteroatoms. The predicted octanol–water partition coefficient (Wildman–Crippen LogP) is 3.56. The smallest absolute Gasteiger partial charge is 0.344 e. The Kier molecular flexibility index (Phi) is 6.41. The molecule has 2 aliphatic heterocycles. The van der Waals surface area contributed by atoms with Crippen LogP contribution in [-0.2, 0) is 6.54 Å². The number of carbonyl (C=O) groups excluding carboxylic acids is 2. The SMILES string of the molecule is CC(=O)c1ccn(C(=O)N2CCN(Cc3ccc(C)cc3N3CCCC[C@@H]3C)CC2)n1. The number of carbonyl (C=O) groups is 2. The highest BCUT2D eigenvalue weighted by Crippen LogP contribution is 2.30. The van der Waals surface area contributed by atoms with Crippen LogP contribution in [-0.4, -0.2) is 70.2 Å². The maximum absolute atomic E-state index is 12.7. The second-order valence-corrected chi connectivity index (χ2v) is 8.92. The number of rotatable bonds is 4. The quantitative estimate of drug-likeness (QED) is 0.704. The molecule has 31 heavy (non-hydrogen) atoms. The number of hydrogen-bond donors (Lipinski definition) is 0. The summed E-state index contributed by atoms with van der Waals surface area (Å²) in [6.45, 7) is 11.0. The van der Waals surface area contributed by atoms with E-state index in [0.29, 0.717) is 24.8 Å². The summed E-state index contributed by atoms with van der Waals surface area (Å²) in [6, 6.07) is 8.83. The Morgan fingerprint density at radius 2 is 1.84 bits per heavy atom. The molecule has 3 heterocycles. The predicted molar refractivity (Wildman–Crippen MR) is 122 cm³/mol. The maximum atomic E-state index is 12.7. The molecule has 0 saturated carbocycles. The molecule has 1 aromatic heterocycles. The average Bonchev–Trinajstić information content (AvgIpc) is 3.26. The molecule has 2 aliphatic rings. The highest BCUT2D eigenvalue weighted by molar-refractivity contribution is 5.92. The largest absolute Gasteiger partial charge is 0.369 e. The van der Waals surface area contributed by atoms with Gasteiger partial charge in [-0.05, 0) is 56.4 Å². The van der Waals surface area contributed by atoms with E-state index in [9.17, 15) is 9.59 Å². The molecule has 7 nitrogen and oxygen atoms in total. The minimum absolute atomic E-state index is 0.131. The number of piperazine rings is 1. The summed E-state index contributed by atoms with van der Waals surface area (Å²) in [5.41, 5.74) is 4.37. The first-order valence-corrected chi connectivity index (χ1v) is 11.4. The molecule has 0 spiro atoms. The van der Waals surface area contributed by atoms with Crippen LogP contribution in [0.5, 0.6) is 0 Å². The number of amides is 1. The van der Waals surface area contributed by atoms with Crippen LogP contribution in [0.3, 0.4) is 0 Å². The number of piperidine rings is 1. The number of anilines is 1. The van der Waals surface area contributed by atoms with E-state index in [0.717, 1.165) is 26.2 Å². The molecule has 0 unspecified atom stereocenters. The fraction of sp³-hybridized carbons (Fsp3) is 0.542. The van der Waals surface area contributed by atoms with Crippen molar-refractivity contribution >= 4 is 17.5 Å². The number of benzene rings is 1. The van der Waals surface area contributed by atoms with E-state index >= 15 is 0 Å². The summed E-state index contributed by atoms with van der Waals surface area (Å²) in [4.78, 5) is 31.0. The number of aryl methyl sites for hydroxylation is 1. The van der Waals surface area contributed by atoms with Gasteiger partial charge in [0.1, 0.15) is 5.69 Å². The zero-order valence-corrected chi connectivity index (χ0v) is 18.9. The van der Waals surface area contributed by atoms with Crippen LogP contribution in [0.4, 0.5) is 10.5 Å².